The van der Waals surface area contributed by atoms with Crippen LogP contribution in [0.4, 0.5) is 5.69 Å². The highest BCUT2D eigenvalue weighted by Crippen LogP contribution is 2.44. The molecular weight excluding hydrogens is 410 g/mol. The van der Waals surface area contributed by atoms with Gasteiger partial charge in [0.05, 0.1) is 5.69 Å². The van der Waals surface area contributed by atoms with Crippen LogP contribution < -0.4 is 14.8 Å². The van der Waals surface area contributed by atoms with Crippen molar-refractivity contribution in [2.24, 2.45) is 0 Å². The van der Waals surface area contributed by atoms with Crippen LogP contribution in [0.25, 0.3) is 0 Å². The molecule has 0 aliphatic carbocycles. The van der Waals surface area contributed by atoms with E-state index >= 15 is 0 Å². The fourth-order valence-electron chi connectivity index (χ4n) is 3.85. The first-order valence-electron chi connectivity index (χ1n) is 10.3. The molecule has 3 aromatic rings. The molecule has 4 nitrogen and oxygen atoms in total. The summed E-state index contributed by atoms with van der Waals surface area (Å²) in [7, 11) is 0. The first kappa shape index (κ1) is 21.3. The maximum atomic E-state index is 12.9. The largest absolute Gasteiger partial charge is 0.489 e. The van der Waals surface area contributed by atoms with E-state index in [9.17, 15) is 4.79 Å². The number of nitrogens with one attached hydrogen (secondary N) is 1. The first-order valence-corrected chi connectivity index (χ1v) is 10.7. The van der Waals surface area contributed by atoms with Gasteiger partial charge < -0.3 is 14.8 Å². The molecule has 0 spiro atoms. The van der Waals surface area contributed by atoms with Crippen molar-refractivity contribution in [3.05, 3.63) is 87.4 Å². The van der Waals surface area contributed by atoms with Gasteiger partial charge in [-0.25, -0.2) is 0 Å². The van der Waals surface area contributed by atoms with Crippen LogP contribution in [0.1, 0.15) is 46.5 Å². The predicted molar refractivity (Wildman–Crippen MR) is 125 cm³/mol. The lowest BCUT2D eigenvalue weighted by atomic mass is 9.96. The van der Waals surface area contributed by atoms with Crippen LogP contribution in [0.2, 0.25) is 5.02 Å². The van der Waals surface area contributed by atoms with Crippen LogP contribution in [-0.2, 0) is 13.0 Å². The second-order valence-electron chi connectivity index (χ2n) is 8.63. The van der Waals surface area contributed by atoms with Gasteiger partial charge in [-0.15, -0.1) is 0 Å². The van der Waals surface area contributed by atoms with Gasteiger partial charge in [-0.3, -0.25) is 4.79 Å². The van der Waals surface area contributed by atoms with Gasteiger partial charge in [0, 0.05) is 22.6 Å². The number of carbonyl (C=O) groups excluding carboxylic acids is 1. The second kappa shape index (κ2) is 8.27. The Labute approximate surface area is 188 Å². The second-order valence-corrected chi connectivity index (χ2v) is 9.06. The molecule has 0 unspecified atom stereocenters. The summed E-state index contributed by atoms with van der Waals surface area (Å²) in [5.41, 5.74) is 5.41. The lowest BCUT2D eigenvalue weighted by Gasteiger charge is -2.19. The molecule has 1 N–H and O–H groups in total. The van der Waals surface area contributed by atoms with Gasteiger partial charge in [-0.2, -0.15) is 0 Å². The molecule has 1 aliphatic rings. The van der Waals surface area contributed by atoms with Crippen LogP contribution in [-0.4, -0.2) is 11.5 Å². The molecule has 5 heteroatoms. The molecule has 1 amide bonds. The fraction of sp³-hybridized carbons (Fsp3) is 0.269. The molecule has 0 atom stereocenters. The van der Waals surface area contributed by atoms with E-state index in [0.717, 1.165) is 34.5 Å². The van der Waals surface area contributed by atoms with Gasteiger partial charge in [0.15, 0.2) is 0 Å². The molecule has 31 heavy (non-hydrogen) atoms. The van der Waals surface area contributed by atoms with Crippen molar-refractivity contribution < 1.29 is 14.3 Å². The standard InChI is InChI=1S/C26H26ClNO3/c1-16-13-17(2)23(24-22(16)14-26(3,4)31-24)28-25(29)19-7-11-21(12-8-19)30-15-18-5-9-20(27)10-6-18/h5-13H,14-15H2,1-4H3,(H,28,29). The normalized spacial score (nSPS) is 14.0. The van der Waals surface area contributed by atoms with Gasteiger partial charge in [0.2, 0.25) is 0 Å². The minimum Gasteiger partial charge on any atom is -0.489 e. The lowest BCUT2D eigenvalue weighted by molar-refractivity contribution is 0.102. The van der Waals surface area contributed by atoms with Crippen molar-refractivity contribution in [2.75, 3.05) is 5.32 Å². The summed E-state index contributed by atoms with van der Waals surface area (Å²) in [6.07, 6.45) is 0.830. The Morgan fingerprint density at radius 2 is 1.74 bits per heavy atom. The van der Waals surface area contributed by atoms with Crippen molar-refractivity contribution in [1.29, 1.82) is 0 Å². The number of hydrogen-bond donors (Lipinski definition) is 1. The molecule has 160 valence electrons. The van der Waals surface area contributed by atoms with E-state index in [1.807, 2.05) is 31.2 Å². The molecule has 0 fully saturated rings. The Hall–Kier alpha value is -2.98. The van der Waals surface area contributed by atoms with Crippen LogP contribution in [0.15, 0.2) is 54.6 Å². The summed E-state index contributed by atoms with van der Waals surface area (Å²) in [4.78, 5) is 12.9. The Kier molecular flexibility index (Phi) is 5.67. The summed E-state index contributed by atoms with van der Waals surface area (Å²) in [5.74, 6) is 1.31. The topological polar surface area (TPSA) is 47.6 Å². The number of halogens is 1. The van der Waals surface area contributed by atoms with E-state index < -0.39 is 0 Å². The first-order chi connectivity index (χ1) is 14.7. The van der Waals surface area contributed by atoms with Crippen molar-refractivity contribution >= 4 is 23.2 Å². The van der Waals surface area contributed by atoms with E-state index in [-0.39, 0.29) is 11.5 Å². The quantitative estimate of drug-likeness (QED) is 0.497. The Morgan fingerprint density at radius 1 is 1.06 bits per heavy atom. The van der Waals surface area contributed by atoms with Crippen LogP contribution in [0.3, 0.4) is 0 Å². The number of amides is 1. The fourth-order valence-corrected chi connectivity index (χ4v) is 3.98. The Balaban J connectivity index is 1.46. The Bertz CT molecular complexity index is 1120. The van der Waals surface area contributed by atoms with Crippen molar-refractivity contribution in [3.8, 4) is 11.5 Å². The number of ether oxygens (including phenoxy) is 2. The number of aryl methyl sites for hydroxylation is 2. The average molecular weight is 436 g/mol. The lowest BCUT2D eigenvalue weighted by Crippen LogP contribution is -2.25. The van der Waals surface area contributed by atoms with E-state index in [4.69, 9.17) is 21.1 Å². The van der Waals surface area contributed by atoms with Crippen molar-refractivity contribution in [3.63, 3.8) is 0 Å². The van der Waals surface area contributed by atoms with Gasteiger partial charge in [-0.1, -0.05) is 29.8 Å². The number of rotatable bonds is 5. The summed E-state index contributed by atoms with van der Waals surface area (Å²) in [6.45, 7) is 8.65. The number of carbonyl (C=O) groups is 1. The zero-order valence-corrected chi connectivity index (χ0v) is 19.0. The molecule has 4 rings (SSSR count). The van der Waals surface area contributed by atoms with Crippen molar-refractivity contribution in [2.45, 2.75) is 46.3 Å². The van der Waals surface area contributed by atoms with Gasteiger partial charge in [-0.05, 0) is 80.8 Å². The van der Waals surface area contributed by atoms with E-state index in [1.54, 1.807) is 24.3 Å². The zero-order chi connectivity index (χ0) is 22.2. The maximum Gasteiger partial charge on any atom is 0.255 e. The van der Waals surface area contributed by atoms with Gasteiger partial charge >= 0.3 is 0 Å². The molecule has 3 aromatic carbocycles. The van der Waals surface area contributed by atoms with Crippen LogP contribution in [0.5, 0.6) is 11.5 Å². The summed E-state index contributed by atoms with van der Waals surface area (Å²) >= 11 is 5.91. The maximum absolute atomic E-state index is 12.9. The molecule has 1 aliphatic heterocycles. The van der Waals surface area contributed by atoms with E-state index in [2.05, 4.69) is 32.2 Å². The zero-order valence-electron chi connectivity index (χ0n) is 18.2. The monoisotopic (exact) mass is 435 g/mol. The minimum atomic E-state index is -0.274. The highest BCUT2D eigenvalue weighted by molar-refractivity contribution is 6.30. The molecule has 0 radical (unpaired) electrons. The third-order valence-electron chi connectivity index (χ3n) is 5.46. The van der Waals surface area contributed by atoms with E-state index in [1.165, 1.54) is 5.56 Å². The highest BCUT2D eigenvalue weighted by atomic mass is 35.5. The number of fused-ring (bicyclic) bond motifs is 1. The number of benzene rings is 3. The third kappa shape index (κ3) is 4.70. The van der Waals surface area contributed by atoms with E-state index in [0.29, 0.717) is 22.9 Å². The number of hydrogen-bond acceptors (Lipinski definition) is 3. The smallest absolute Gasteiger partial charge is 0.255 e. The SMILES string of the molecule is Cc1cc(C)c(NC(=O)c2ccc(OCc3ccc(Cl)cc3)cc2)c2c1CC(C)(C)O2. The third-order valence-corrected chi connectivity index (χ3v) is 5.71. The summed E-state index contributed by atoms with van der Waals surface area (Å²) in [6, 6.07) is 16.8. The summed E-state index contributed by atoms with van der Waals surface area (Å²) in [5, 5.41) is 3.75. The molecular formula is C26H26ClNO3. The summed E-state index contributed by atoms with van der Waals surface area (Å²) < 4.78 is 12.0. The molecule has 0 aromatic heterocycles. The molecule has 1 heterocycles. The Morgan fingerprint density at radius 3 is 2.42 bits per heavy atom. The highest BCUT2D eigenvalue weighted by Gasteiger charge is 2.34. The molecule has 0 saturated heterocycles. The molecule has 0 saturated carbocycles. The van der Waals surface area contributed by atoms with Crippen LogP contribution in [0, 0.1) is 13.8 Å². The molecule has 0 bridgehead atoms. The minimum absolute atomic E-state index is 0.174. The van der Waals surface area contributed by atoms with Crippen LogP contribution >= 0.6 is 11.6 Å². The average Bonchev–Trinajstić information content (AvgIpc) is 3.07. The van der Waals surface area contributed by atoms with Crippen molar-refractivity contribution in [1.82, 2.24) is 0 Å². The van der Waals surface area contributed by atoms with Gasteiger partial charge in [0.1, 0.15) is 23.7 Å². The predicted octanol–water partition coefficient (Wildman–Crippen LogP) is 6.50. The number of anilines is 1. The van der Waals surface area contributed by atoms with Gasteiger partial charge in [0.25, 0.3) is 5.91 Å².